The summed E-state index contributed by atoms with van der Waals surface area (Å²) in [4.78, 5) is 33.7. The van der Waals surface area contributed by atoms with Crippen LogP contribution in [0.4, 0.5) is 0 Å². The van der Waals surface area contributed by atoms with E-state index in [4.69, 9.17) is 11.6 Å². The summed E-state index contributed by atoms with van der Waals surface area (Å²) in [5.41, 5.74) is 0.443. The number of benzene rings is 1. The van der Waals surface area contributed by atoms with Gasteiger partial charge in [-0.3, -0.25) is 9.59 Å². The summed E-state index contributed by atoms with van der Waals surface area (Å²) in [6.07, 6.45) is 0.381. The normalized spacial score (nSPS) is 9.89. The van der Waals surface area contributed by atoms with Gasteiger partial charge in [-0.25, -0.2) is 0 Å². The van der Waals surface area contributed by atoms with Gasteiger partial charge in [0.05, 0.1) is 6.54 Å². The molecule has 1 N–H and O–H groups in total. The van der Waals surface area contributed by atoms with Crippen molar-refractivity contribution in [3.8, 4) is 0 Å². The molecule has 1 aromatic carbocycles. The van der Waals surface area contributed by atoms with Gasteiger partial charge in [-0.05, 0) is 31.2 Å². The molecular formula is C13H14ClNO3. The van der Waals surface area contributed by atoms with Gasteiger partial charge >= 0.3 is 0 Å². The Hall–Kier alpha value is -1.68. The number of amides is 1. The zero-order valence-corrected chi connectivity index (χ0v) is 10.8. The highest BCUT2D eigenvalue weighted by molar-refractivity contribution is 6.30. The van der Waals surface area contributed by atoms with Gasteiger partial charge in [0, 0.05) is 23.4 Å². The molecule has 0 spiro atoms. The van der Waals surface area contributed by atoms with Gasteiger partial charge in [-0.2, -0.15) is 0 Å². The smallest absolute Gasteiger partial charge is 0.251 e. The maximum Gasteiger partial charge on any atom is 0.251 e. The van der Waals surface area contributed by atoms with Crippen LogP contribution >= 0.6 is 11.6 Å². The Balaban J connectivity index is 2.39. The van der Waals surface area contributed by atoms with E-state index in [9.17, 15) is 14.4 Å². The summed E-state index contributed by atoms with van der Waals surface area (Å²) < 4.78 is 0. The van der Waals surface area contributed by atoms with Crippen LogP contribution in [-0.2, 0) is 9.59 Å². The van der Waals surface area contributed by atoms with Crippen LogP contribution in [0.15, 0.2) is 24.3 Å². The van der Waals surface area contributed by atoms with Gasteiger partial charge in [0.1, 0.15) is 5.78 Å². The largest absolute Gasteiger partial charge is 0.345 e. The molecule has 18 heavy (non-hydrogen) atoms. The highest BCUT2D eigenvalue weighted by Gasteiger charge is 2.08. The van der Waals surface area contributed by atoms with Crippen LogP contribution in [-0.4, -0.2) is 24.0 Å². The Morgan fingerprint density at radius 2 is 1.72 bits per heavy atom. The summed E-state index contributed by atoms with van der Waals surface area (Å²) in [7, 11) is 0. The van der Waals surface area contributed by atoms with Crippen LogP contribution < -0.4 is 5.32 Å². The molecule has 1 rings (SSSR count). The molecule has 0 bridgehead atoms. The first-order valence-corrected chi connectivity index (χ1v) is 5.91. The Labute approximate surface area is 110 Å². The average molecular weight is 268 g/mol. The van der Waals surface area contributed by atoms with Crippen LogP contribution in [0.25, 0.3) is 0 Å². The molecule has 4 nitrogen and oxygen atoms in total. The maximum absolute atomic E-state index is 11.6. The second-order valence-electron chi connectivity index (χ2n) is 3.93. The van der Waals surface area contributed by atoms with E-state index in [1.807, 2.05) is 0 Å². The summed E-state index contributed by atoms with van der Waals surface area (Å²) in [6.45, 7) is 1.37. The lowest BCUT2D eigenvalue weighted by Gasteiger charge is -2.04. The molecule has 0 aliphatic rings. The molecule has 0 saturated heterocycles. The molecule has 0 aliphatic carbocycles. The molecule has 0 unspecified atom stereocenters. The van der Waals surface area contributed by atoms with E-state index in [-0.39, 0.29) is 36.9 Å². The molecule has 1 aromatic rings. The van der Waals surface area contributed by atoms with Crippen LogP contribution in [0.1, 0.15) is 30.1 Å². The number of Topliss-reactive ketones (excluding diaryl/α,β-unsaturated/α-hetero) is 2. The Kier molecular flexibility index (Phi) is 5.52. The average Bonchev–Trinajstić information content (AvgIpc) is 2.34. The van der Waals surface area contributed by atoms with E-state index >= 15 is 0 Å². The van der Waals surface area contributed by atoms with E-state index in [0.717, 1.165) is 0 Å². The number of ketones is 2. The summed E-state index contributed by atoms with van der Waals surface area (Å²) in [6, 6.07) is 6.37. The second-order valence-corrected chi connectivity index (χ2v) is 4.37. The topological polar surface area (TPSA) is 63.2 Å². The summed E-state index contributed by atoms with van der Waals surface area (Å²) in [5, 5.41) is 3.04. The molecule has 96 valence electrons. The van der Waals surface area contributed by atoms with Gasteiger partial charge in [0.15, 0.2) is 5.78 Å². The van der Waals surface area contributed by atoms with Crippen LogP contribution in [0, 0.1) is 0 Å². The van der Waals surface area contributed by atoms with Crippen LogP contribution in [0.3, 0.4) is 0 Å². The zero-order valence-electron chi connectivity index (χ0n) is 10.0. The van der Waals surface area contributed by atoms with E-state index in [1.54, 1.807) is 24.3 Å². The van der Waals surface area contributed by atoms with E-state index < -0.39 is 0 Å². The maximum atomic E-state index is 11.6. The van der Waals surface area contributed by atoms with Gasteiger partial charge in [0.25, 0.3) is 5.91 Å². The minimum Gasteiger partial charge on any atom is -0.345 e. The van der Waals surface area contributed by atoms with Gasteiger partial charge in [0.2, 0.25) is 0 Å². The summed E-state index contributed by atoms with van der Waals surface area (Å²) in [5.74, 6) is -0.525. The van der Waals surface area contributed by atoms with Gasteiger partial charge in [-0.15, -0.1) is 0 Å². The molecule has 0 radical (unpaired) electrons. The molecule has 0 heterocycles. The number of halogens is 1. The highest BCUT2D eigenvalue weighted by Crippen LogP contribution is 2.09. The molecule has 0 aromatic heterocycles. The first-order valence-electron chi connectivity index (χ1n) is 5.54. The van der Waals surface area contributed by atoms with Crippen molar-refractivity contribution in [1.29, 1.82) is 0 Å². The van der Waals surface area contributed by atoms with Crippen molar-refractivity contribution in [2.45, 2.75) is 19.8 Å². The fourth-order valence-corrected chi connectivity index (χ4v) is 1.41. The molecule has 0 aliphatic heterocycles. The number of nitrogens with one attached hydrogen (secondary N) is 1. The molecule has 0 saturated carbocycles. The highest BCUT2D eigenvalue weighted by atomic mass is 35.5. The van der Waals surface area contributed by atoms with Crippen molar-refractivity contribution in [3.05, 3.63) is 34.9 Å². The Morgan fingerprint density at radius 3 is 2.28 bits per heavy atom. The fourth-order valence-electron chi connectivity index (χ4n) is 1.29. The molecular weight excluding hydrogens is 254 g/mol. The lowest BCUT2D eigenvalue weighted by molar-refractivity contribution is -0.122. The number of hydrogen-bond acceptors (Lipinski definition) is 3. The van der Waals surface area contributed by atoms with Crippen molar-refractivity contribution in [2.75, 3.05) is 6.54 Å². The monoisotopic (exact) mass is 267 g/mol. The van der Waals surface area contributed by atoms with Crippen molar-refractivity contribution in [2.24, 2.45) is 0 Å². The van der Waals surface area contributed by atoms with Gasteiger partial charge < -0.3 is 10.1 Å². The third kappa shape index (κ3) is 5.10. The third-order valence-corrected chi connectivity index (χ3v) is 2.56. The quantitative estimate of drug-likeness (QED) is 0.857. The number of rotatable bonds is 6. The predicted molar refractivity (Wildman–Crippen MR) is 68.7 cm³/mol. The number of carbonyl (C=O) groups excluding carboxylic acids is 3. The van der Waals surface area contributed by atoms with E-state index in [1.165, 1.54) is 6.92 Å². The standard InChI is InChI=1S/C13H14ClNO3/c1-9(16)2-7-12(17)8-15-13(18)10-3-5-11(14)6-4-10/h3-6H,2,7-8H2,1H3,(H,15,18). The zero-order chi connectivity index (χ0) is 13.5. The molecule has 0 fully saturated rings. The first kappa shape index (κ1) is 14.4. The third-order valence-electron chi connectivity index (χ3n) is 2.31. The predicted octanol–water partition coefficient (Wildman–Crippen LogP) is 2.01. The van der Waals surface area contributed by atoms with Crippen molar-refractivity contribution >= 4 is 29.1 Å². The second kappa shape index (κ2) is 6.91. The molecule has 0 atom stereocenters. The Morgan fingerprint density at radius 1 is 1.11 bits per heavy atom. The van der Waals surface area contributed by atoms with Crippen molar-refractivity contribution in [3.63, 3.8) is 0 Å². The number of carbonyl (C=O) groups is 3. The van der Waals surface area contributed by atoms with Crippen molar-refractivity contribution in [1.82, 2.24) is 5.32 Å². The van der Waals surface area contributed by atoms with E-state index in [2.05, 4.69) is 5.32 Å². The number of hydrogen-bond donors (Lipinski definition) is 1. The summed E-state index contributed by atoms with van der Waals surface area (Å²) >= 11 is 5.70. The first-order chi connectivity index (χ1) is 8.49. The minimum absolute atomic E-state index is 0.0348. The van der Waals surface area contributed by atoms with Gasteiger partial charge in [-0.1, -0.05) is 11.6 Å². The lowest BCUT2D eigenvalue weighted by Crippen LogP contribution is -2.29. The minimum atomic E-state index is -0.331. The van der Waals surface area contributed by atoms with Crippen molar-refractivity contribution < 1.29 is 14.4 Å². The van der Waals surface area contributed by atoms with E-state index in [0.29, 0.717) is 10.6 Å². The van der Waals surface area contributed by atoms with Crippen LogP contribution in [0.5, 0.6) is 0 Å². The Bertz CT molecular complexity index is 454. The fraction of sp³-hybridized carbons (Fsp3) is 0.308. The van der Waals surface area contributed by atoms with Crippen LogP contribution in [0.2, 0.25) is 5.02 Å². The molecule has 5 heteroatoms. The lowest BCUT2D eigenvalue weighted by atomic mass is 10.1. The molecule has 1 amide bonds. The SMILES string of the molecule is CC(=O)CCC(=O)CNC(=O)c1ccc(Cl)cc1.